The van der Waals surface area contributed by atoms with Gasteiger partial charge in [-0.3, -0.25) is 4.99 Å². The van der Waals surface area contributed by atoms with Crippen LogP contribution in [0.15, 0.2) is 23.2 Å². The SMILES string of the molecule is CC(C)(C)OC(=O)N(C(=O)OC(C)(C)C)C1=N[C@](C)(c2cc(N)ccc2F)C2CC[C@@]1(CF)S2(=O)=O. The van der Waals surface area contributed by atoms with E-state index in [9.17, 15) is 22.4 Å². The number of rotatable bonds is 2. The Morgan fingerprint density at radius 2 is 1.67 bits per heavy atom. The third kappa shape index (κ3) is 4.55. The summed E-state index contributed by atoms with van der Waals surface area (Å²) in [6.45, 7) is 9.16. The highest BCUT2D eigenvalue weighted by molar-refractivity contribution is 7.94. The Morgan fingerprint density at radius 3 is 2.14 bits per heavy atom. The lowest BCUT2D eigenvalue weighted by atomic mass is 9.86. The molecule has 2 aliphatic heterocycles. The predicted octanol–water partition coefficient (Wildman–Crippen LogP) is 4.49. The maximum Gasteiger partial charge on any atom is 0.425 e. The van der Waals surface area contributed by atoms with Crippen molar-refractivity contribution in [2.24, 2.45) is 4.99 Å². The molecule has 2 amide bonds. The van der Waals surface area contributed by atoms with Crippen LogP contribution in [-0.4, -0.2) is 59.2 Å². The van der Waals surface area contributed by atoms with Gasteiger partial charge in [0.05, 0.1) is 5.25 Å². The summed E-state index contributed by atoms with van der Waals surface area (Å²) in [6, 6.07) is 3.62. The first kappa shape index (κ1) is 27.8. The molecule has 0 saturated carbocycles. The summed E-state index contributed by atoms with van der Waals surface area (Å²) in [4.78, 5) is 31.4. The zero-order valence-corrected chi connectivity index (χ0v) is 22.3. The maximum atomic E-state index is 15.1. The first-order valence-electron chi connectivity index (χ1n) is 11.5. The zero-order chi connectivity index (χ0) is 27.5. The minimum atomic E-state index is -4.45. The first-order chi connectivity index (χ1) is 16.3. The highest BCUT2D eigenvalue weighted by atomic mass is 32.2. The lowest BCUT2D eigenvalue weighted by molar-refractivity contribution is 0.0138. The third-order valence-electron chi connectivity index (χ3n) is 6.22. The van der Waals surface area contributed by atoms with E-state index < -0.39 is 67.1 Å². The summed E-state index contributed by atoms with van der Waals surface area (Å²) in [5, 5.41) is -1.32. The third-order valence-corrected chi connectivity index (χ3v) is 9.25. The number of fused-ring (bicyclic) bond motifs is 2. The zero-order valence-electron chi connectivity index (χ0n) is 21.5. The number of alkyl halides is 1. The number of amides is 2. The number of sulfone groups is 1. The molecule has 2 heterocycles. The van der Waals surface area contributed by atoms with Gasteiger partial charge in [-0.2, -0.15) is 4.90 Å². The average molecular weight is 530 g/mol. The largest absolute Gasteiger partial charge is 0.443 e. The highest BCUT2D eigenvalue weighted by Gasteiger charge is 2.68. The molecule has 2 aliphatic rings. The van der Waals surface area contributed by atoms with Gasteiger partial charge in [0.25, 0.3) is 0 Å². The Kier molecular flexibility index (Phi) is 6.70. The Labute approximate surface area is 209 Å². The summed E-state index contributed by atoms with van der Waals surface area (Å²) in [5.74, 6) is -1.49. The molecule has 1 unspecified atom stereocenters. The molecule has 1 fully saturated rings. The Hall–Kier alpha value is -2.76. The van der Waals surface area contributed by atoms with Crippen LogP contribution in [0.25, 0.3) is 0 Å². The molecule has 0 aliphatic carbocycles. The molecule has 0 radical (unpaired) electrons. The molecule has 2 bridgehead atoms. The van der Waals surface area contributed by atoms with Crippen molar-refractivity contribution in [2.45, 2.75) is 88.0 Å². The van der Waals surface area contributed by atoms with E-state index in [4.69, 9.17) is 15.2 Å². The Balaban J connectivity index is 2.36. The molecule has 9 nitrogen and oxygen atoms in total. The van der Waals surface area contributed by atoms with Crippen LogP contribution in [0.1, 0.15) is 66.9 Å². The van der Waals surface area contributed by atoms with Gasteiger partial charge in [-0.05, 0) is 79.5 Å². The molecule has 0 spiro atoms. The average Bonchev–Trinajstić information content (AvgIpc) is 2.88. The van der Waals surface area contributed by atoms with Gasteiger partial charge in [-0.25, -0.2) is 26.8 Å². The van der Waals surface area contributed by atoms with Crippen molar-refractivity contribution in [3.63, 3.8) is 0 Å². The van der Waals surface area contributed by atoms with Gasteiger partial charge in [0, 0.05) is 11.3 Å². The fourth-order valence-electron chi connectivity index (χ4n) is 4.63. The van der Waals surface area contributed by atoms with Crippen molar-refractivity contribution in [1.29, 1.82) is 0 Å². The van der Waals surface area contributed by atoms with Crippen LogP contribution in [0.5, 0.6) is 0 Å². The number of amidine groups is 1. The van der Waals surface area contributed by atoms with Crippen LogP contribution in [0.4, 0.5) is 24.1 Å². The van der Waals surface area contributed by atoms with Crippen LogP contribution in [0, 0.1) is 5.82 Å². The summed E-state index contributed by atoms with van der Waals surface area (Å²) in [5.41, 5.74) is 1.82. The van der Waals surface area contributed by atoms with E-state index in [0.717, 1.165) is 6.07 Å². The number of nitrogens with two attached hydrogens (primary N) is 1. The van der Waals surface area contributed by atoms with Gasteiger partial charge in [0.2, 0.25) is 0 Å². The summed E-state index contributed by atoms with van der Waals surface area (Å²) >= 11 is 0. The van der Waals surface area contributed by atoms with Gasteiger partial charge in [-0.1, -0.05) is 0 Å². The number of carbonyl (C=O) groups excluding carboxylic acids is 2. The van der Waals surface area contributed by atoms with Crippen molar-refractivity contribution in [2.75, 3.05) is 12.4 Å². The topological polar surface area (TPSA) is 128 Å². The lowest BCUT2D eigenvalue weighted by Gasteiger charge is -2.43. The number of nitrogens with zero attached hydrogens (tertiary/aromatic N) is 2. The Bertz CT molecular complexity index is 1190. The van der Waals surface area contributed by atoms with Gasteiger partial charge >= 0.3 is 12.2 Å². The fourth-order valence-corrected chi connectivity index (χ4v) is 7.34. The minimum Gasteiger partial charge on any atom is -0.443 e. The molecular weight excluding hydrogens is 496 g/mol. The van der Waals surface area contributed by atoms with Crippen molar-refractivity contribution in [3.8, 4) is 0 Å². The van der Waals surface area contributed by atoms with Crippen LogP contribution >= 0.6 is 0 Å². The predicted molar refractivity (Wildman–Crippen MR) is 131 cm³/mol. The van der Waals surface area contributed by atoms with Gasteiger partial charge in [-0.15, -0.1) is 0 Å². The summed E-state index contributed by atoms with van der Waals surface area (Å²) in [7, 11) is -4.45. The lowest BCUT2D eigenvalue weighted by Crippen LogP contribution is -2.63. The molecule has 36 heavy (non-hydrogen) atoms. The van der Waals surface area contributed by atoms with Crippen LogP contribution in [0.3, 0.4) is 0 Å². The van der Waals surface area contributed by atoms with Gasteiger partial charge in [0.1, 0.15) is 35.1 Å². The van der Waals surface area contributed by atoms with Gasteiger partial charge < -0.3 is 15.2 Å². The van der Waals surface area contributed by atoms with Crippen LogP contribution in [0.2, 0.25) is 0 Å². The second-order valence-electron chi connectivity index (χ2n) is 11.3. The van der Waals surface area contributed by atoms with E-state index in [1.165, 1.54) is 19.1 Å². The van der Waals surface area contributed by atoms with Crippen molar-refractivity contribution < 1.29 is 36.3 Å². The number of anilines is 1. The first-order valence-corrected chi connectivity index (χ1v) is 13.0. The molecule has 0 aromatic heterocycles. The Morgan fingerprint density at radius 1 is 1.14 bits per heavy atom. The van der Waals surface area contributed by atoms with Crippen LogP contribution < -0.4 is 5.73 Å². The van der Waals surface area contributed by atoms with Gasteiger partial charge in [0.15, 0.2) is 14.6 Å². The number of benzene rings is 1. The fraction of sp³-hybridized carbons (Fsp3) is 0.625. The molecule has 3 rings (SSSR count). The standard InChI is InChI=1S/C24H33F2N3O6S/c1-21(2,3)34-19(30)29(20(31)35-22(4,5)6)18-24(13-25)11-10-17(36(24,32)33)23(7,28-18)15-12-14(27)8-9-16(15)26/h8-9,12,17H,10-11,13,27H2,1-7H3/t17?,23-,24+/m1/s1. The molecule has 1 aromatic rings. The number of hydrogen-bond acceptors (Lipinski definition) is 8. The minimum absolute atomic E-state index is 0.0829. The number of halogens is 2. The monoisotopic (exact) mass is 529 g/mol. The van der Waals surface area contributed by atoms with E-state index in [-0.39, 0.29) is 24.1 Å². The molecule has 12 heteroatoms. The number of carbonyl (C=O) groups is 2. The van der Waals surface area contributed by atoms with E-state index in [0.29, 0.717) is 4.90 Å². The van der Waals surface area contributed by atoms with Crippen LogP contribution in [-0.2, 0) is 24.8 Å². The molecule has 1 saturated heterocycles. The second-order valence-corrected chi connectivity index (χ2v) is 13.8. The number of hydrogen-bond donors (Lipinski definition) is 1. The number of nitrogen functional groups attached to an aromatic ring is 1. The molecular formula is C24H33F2N3O6S. The van der Waals surface area contributed by atoms with Crippen molar-refractivity contribution >= 4 is 33.5 Å². The number of imide groups is 1. The summed E-state index contributed by atoms with van der Waals surface area (Å²) in [6.07, 6.45) is -2.95. The van der Waals surface area contributed by atoms with E-state index in [1.807, 2.05) is 0 Å². The molecule has 200 valence electrons. The molecule has 3 atom stereocenters. The number of aliphatic imine (C=N–C) groups is 1. The van der Waals surface area contributed by atoms with E-state index in [2.05, 4.69) is 4.99 Å². The highest BCUT2D eigenvalue weighted by Crippen LogP contribution is 2.53. The number of ether oxygens (including phenoxy) is 2. The van der Waals surface area contributed by atoms with E-state index in [1.54, 1.807) is 41.5 Å². The normalized spacial score (nSPS) is 27.2. The second kappa shape index (κ2) is 8.67. The molecule has 2 N–H and O–H groups in total. The quantitative estimate of drug-likeness (QED) is 0.559. The smallest absolute Gasteiger partial charge is 0.425 e. The molecule has 1 aromatic carbocycles. The maximum absolute atomic E-state index is 15.1. The van der Waals surface area contributed by atoms with Crippen molar-refractivity contribution in [1.82, 2.24) is 4.90 Å². The van der Waals surface area contributed by atoms with Crippen molar-refractivity contribution in [3.05, 3.63) is 29.6 Å². The van der Waals surface area contributed by atoms with E-state index >= 15 is 4.39 Å². The summed E-state index contributed by atoms with van der Waals surface area (Å²) < 4.78 is 65.9.